The molecule has 0 spiro atoms. The third-order valence-corrected chi connectivity index (χ3v) is 2.74. The fourth-order valence-corrected chi connectivity index (χ4v) is 1.86. The largest absolute Gasteiger partial charge is 0.497 e. The molecule has 1 atom stereocenters. The van der Waals surface area contributed by atoms with Crippen LogP contribution in [0.25, 0.3) is 0 Å². The van der Waals surface area contributed by atoms with Crippen LogP contribution in [0.2, 0.25) is 0 Å². The lowest BCUT2D eigenvalue weighted by Crippen LogP contribution is -2.34. The van der Waals surface area contributed by atoms with Crippen molar-refractivity contribution in [1.29, 1.82) is 0 Å². The van der Waals surface area contributed by atoms with E-state index in [9.17, 15) is 0 Å². The molecule has 100 valence electrons. The molecular formula is C13H25NO3. The average Bonchev–Trinajstić information content (AvgIpc) is 2.38. The molecule has 0 saturated carbocycles. The van der Waals surface area contributed by atoms with Crippen LogP contribution in [0.1, 0.15) is 26.2 Å². The van der Waals surface area contributed by atoms with E-state index in [1.54, 1.807) is 7.11 Å². The molecule has 1 N–H and O–H groups in total. The van der Waals surface area contributed by atoms with E-state index in [1.807, 2.05) is 0 Å². The molecule has 17 heavy (non-hydrogen) atoms. The molecule has 0 amide bonds. The number of hydrogen-bond donors (Lipinski definition) is 1. The zero-order valence-electron chi connectivity index (χ0n) is 11.0. The first-order valence-electron chi connectivity index (χ1n) is 6.51. The minimum Gasteiger partial charge on any atom is -0.497 e. The summed E-state index contributed by atoms with van der Waals surface area (Å²) in [6.07, 6.45) is 5.41. The van der Waals surface area contributed by atoms with Gasteiger partial charge in [0.2, 0.25) is 0 Å². The molecule has 0 bridgehead atoms. The number of allylic oxidation sites excluding steroid dienone is 1. The standard InChI is InChI=1S/C13H25NO3/c1-3-14-12(7-9-16-11-10-15-2)13-6-4-5-8-17-13/h6,12,14H,3-5,7-11H2,1-2H3. The SMILES string of the molecule is CCNC(CCOCCOC)C1=CCCCO1. The van der Waals surface area contributed by atoms with Crippen LogP contribution in [0.5, 0.6) is 0 Å². The van der Waals surface area contributed by atoms with Crippen molar-refractivity contribution in [3.8, 4) is 0 Å². The van der Waals surface area contributed by atoms with Gasteiger partial charge in [0.25, 0.3) is 0 Å². The lowest BCUT2D eigenvalue weighted by atomic mass is 10.1. The summed E-state index contributed by atoms with van der Waals surface area (Å²) < 4.78 is 16.1. The Morgan fingerprint density at radius 1 is 1.41 bits per heavy atom. The predicted molar refractivity (Wildman–Crippen MR) is 68.0 cm³/mol. The van der Waals surface area contributed by atoms with Gasteiger partial charge in [-0.1, -0.05) is 6.92 Å². The number of ether oxygens (including phenoxy) is 3. The fraction of sp³-hybridized carbons (Fsp3) is 0.846. The number of likely N-dealkylation sites (N-methyl/N-ethyl adjacent to an activating group) is 1. The van der Waals surface area contributed by atoms with Crippen LogP contribution in [-0.4, -0.2) is 46.1 Å². The quantitative estimate of drug-likeness (QED) is 0.626. The molecule has 1 aliphatic heterocycles. The van der Waals surface area contributed by atoms with Gasteiger partial charge in [-0.3, -0.25) is 0 Å². The molecule has 1 aliphatic rings. The van der Waals surface area contributed by atoms with Gasteiger partial charge in [0.15, 0.2) is 0 Å². The van der Waals surface area contributed by atoms with Crippen molar-refractivity contribution in [2.24, 2.45) is 0 Å². The van der Waals surface area contributed by atoms with E-state index < -0.39 is 0 Å². The Hall–Kier alpha value is -0.580. The van der Waals surface area contributed by atoms with E-state index in [4.69, 9.17) is 14.2 Å². The zero-order chi connectivity index (χ0) is 12.3. The molecule has 0 radical (unpaired) electrons. The van der Waals surface area contributed by atoms with Crippen molar-refractivity contribution in [3.63, 3.8) is 0 Å². The van der Waals surface area contributed by atoms with E-state index in [-0.39, 0.29) is 0 Å². The van der Waals surface area contributed by atoms with Gasteiger partial charge >= 0.3 is 0 Å². The minimum absolute atomic E-state index is 0.294. The number of rotatable bonds is 9. The Bertz CT molecular complexity index is 219. The molecule has 0 aromatic carbocycles. The number of methoxy groups -OCH3 is 1. The summed E-state index contributed by atoms with van der Waals surface area (Å²) in [5, 5.41) is 3.44. The highest BCUT2D eigenvalue weighted by Gasteiger charge is 2.16. The first-order valence-corrected chi connectivity index (χ1v) is 6.51. The molecule has 0 fully saturated rings. The third-order valence-electron chi connectivity index (χ3n) is 2.74. The summed E-state index contributed by atoms with van der Waals surface area (Å²) in [5.41, 5.74) is 0. The van der Waals surface area contributed by atoms with Gasteiger partial charge < -0.3 is 19.5 Å². The van der Waals surface area contributed by atoms with Crippen LogP contribution in [0.3, 0.4) is 0 Å². The van der Waals surface area contributed by atoms with Crippen LogP contribution < -0.4 is 5.32 Å². The monoisotopic (exact) mass is 243 g/mol. The van der Waals surface area contributed by atoms with Gasteiger partial charge in [0, 0.05) is 13.7 Å². The average molecular weight is 243 g/mol. The van der Waals surface area contributed by atoms with Crippen LogP contribution in [-0.2, 0) is 14.2 Å². The fourth-order valence-electron chi connectivity index (χ4n) is 1.86. The highest BCUT2D eigenvalue weighted by atomic mass is 16.5. The second-order valence-electron chi connectivity index (χ2n) is 4.10. The maximum Gasteiger partial charge on any atom is 0.109 e. The molecule has 0 aromatic rings. The third kappa shape index (κ3) is 6.05. The summed E-state index contributed by atoms with van der Waals surface area (Å²) in [6.45, 7) is 5.96. The zero-order valence-corrected chi connectivity index (χ0v) is 11.0. The van der Waals surface area contributed by atoms with E-state index in [2.05, 4.69) is 18.3 Å². The molecular weight excluding hydrogens is 218 g/mol. The molecule has 1 unspecified atom stereocenters. The second kappa shape index (κ2) is 9.45. The van der Waals surface area contributed by atoms with Crippen LogP contribution in [0, 0.1) is 0 Å². The highest BCUT2D eigenvalue weighted by Crippen LogP contribution is 2.15. The predicted octanol–water partition coefficient (Wildman–Crippen LogP) is 1.71. The number of nitrogens with one attached hydrogen (secondary N) is 1. The maximum atomic E-state index is 5.69. The van der Waals surface area contributed by atoms with E-state index in [1.165, 1.54) is 0 Å². The van der Waals surface area contributed by atoms with Crippen LogP contribution >= 0.6 is 0 Å². The van der Waals surface area contributed by atoms with Crippen LogP contribution in [0.15, 0.2) is 11.8 Å². The van der Waals surface area contributed by atoms with Crippen LogP contribution in [0.4, 0.5) is 0 Å². The molecule has 0 aromatic heterocycles. The van der Waals surface area contributed by atoms with Crippen molar-refractivity contribution >= 4 is 0 Å². The Kier molecular flexibility index (Phi) is 8.05. The van der Waals surface area contributed by atoms with Crippen molar-refractivity contribution < 1.29 is 14.2 Å². The smallest absolute Gasteiger partial charge is 0.109 e. The Labute approximate surface area is 104 Å². The van der Waals surface area contributed by atoms with Crippen molar-refractivity contribution in [2.75, 3.05) is 40.1 Å². The van der Waals surface area contributed by atoms with E-state index in [0.29, 0.717) is 19.3 Å². The lowest BCUT2D eigenvalue weighted by Gasteiger charge is -2.24. The first kappa shape index (κ1) is 14.5. The highest BCUT2D eigenvalue weighted by molar-refractivity contribution is 5.05. The van der Waals surface area contributed by atoms with Gasteiger partial charge in [-0.25, -0.2) is 0 Å². The van der Waals surface area contributed by atoms with E-state index in [0.717, 1.165) is 44.8 Å². The van der Waals surface area contributed by atoms with Gasteiger partial charge in [0.05, 0.1) is 25.9 Å². The van der Waals surface area contributed by atoms with Crippen molar-refractivity contribution in [1.82, 2.24) is 5.32 Å². The summed E-state index contributed by atoms with van der Waals surface area (Å²) in [6, 6.07) is 0.294. The molecule has 1 heterocycles. The summed E-state index contributed by atoms with van der Waals surface area (Å²) in [7, 11) is 1.69. The lowest BCUT2D eigenvalue weighted by molar-refractivity contribution is 0.0629. The van der Waals surface area contributed by atoms with Gasteiger partial charge in [-0.05, 0) is 31.9 Å². The normalized spacial score (nSPS) is 17.4. The topological polar surface area (TPSA) is 39.7 Å². The maximum absolute atomic E-state index is 5.69. The molecule has 4 nitrogen and oxygen atoms in total. The Morgan fingerprint density at radius 3 is 2.94 bits per heavy atom. The summed E-state index contributed by atoms with van der Waals surface area (Å²) >= 11 is 0. The minimum atomic E-state index is 0.294. The van der Waals surface area contributed by atoms with Gasteiger partial charge in [-0.2, -0.15) is 0 Å². The molecule has 0 saturated heterocycles. The Morgan fingerprint density at radius 2 is 2.29 bits per heavy atom. The first-order chi connectivity index (χ1) is 8.38. The molecule has 0 aliphatic carbocycles. The summed E-state index contributed by atoms with van der Waals surface area (Å²) in [5.74, 6) is 1.09. The second-order valence-corrected chi connectivity index (χ2v) is 4.10. The van der Waals surface area contributed by atoms with Crippen molar-refractivity contribution in [2.45, 2.75) is 32.2 Å². The van der Waals surface area contributed by atoms with E-state index >= 15 is 0 Å². The number of hydrogen-bond acceptors (Lipinski definition) is 4. The Balaban J connectivity index is 2.24. The molecule has 4 heteroatoms. The van der Waals surface area contributed by atoms with Gasteiger partial charge in [0.1, 0.15) is 5.76 Å². The van der Waals surface area contributed by atoms with Crippen molar-refractivity contribution in [3.05, 3.63) is 11.8 Å². The van der Waals surface area contributed by atoms with Gasteiger partial charge in [-0.15, -0.1) is 0 Å². The molecule has 1 rings (SSSR count). The summed E-state index contributed by atoms with van der Waals surface area (Å²) in [4.78, 5) is 0.